The van der Waals surface area contributed by atoms with Crippen LogP contribution in [0.4, 0.5) is 0 Å². The lowest BCUT2D eigenvalue weighted by molar-refractivity contribution is -0.139. The molecular formula is C10H11N3O2. The van der Waals surface area contributed by atoms with Crippen molar-refractivity contribution >= 4 is 11.6 Å². The molecule has 5 heteroatoms. The van der Waals surface area contributed by atoms with Gasteiger partial charge in [-0.3, -0.25) is 4.79 Å². The Bertz CT molecular complexity index is 504. The molecule has 0 unspecified atom stereocenters. The van der Waals surface area contributed by atoms with Gasteiger partial charge in [0.15, 0.2) is 11.5 Å². The summed E-state index contributed by atoms with van der Waals surface area (Å²) in [5.74, 6) is 0.148. The van der Waals surface area contributed by atoms with Crippen molar-refractivity contribution in [1.29, 1.82) is 0 Å². The first-order chi connectivity index (χ1) is 7.19. The Morgan fingerprint density at radius 2 is 2.33 bits per heavy atom. The summed E-state index contributed by atoms with van der Waals surface area (Å²) < 4.78 is 6.21. The predicted octanol–water partition coefficient (Wildman–Crippen LogP) is 0.753. The van der Waals surface area contributed by atoms with Gasteiger partial charge in [-0.25, -0.2) is 9.50 Å². The summed E-state index contributed by atoms with van der Waals surface area (Å²) in [5, 5.41) is 4.17. The van der Waals surface area contributed by atoms with E-state index in [1.165, 1.54) is 7.11 Å². The number of aromatic nitrogens is 3. The van der Waals surface area contributed by atoms with Crippen molar-refractivity contribution < 1.29 is 9.53 Å². The highest BCUT2D eigenvalue weighted by Gasteiger charge is 2.08. The van der Waals surface area contributed by atoms with Gasteiger partial charge in [-0.1, -0.05) is 6.07 Å². The Labute approximate surface area is 86.7 Å². The van der Waals surface area contributed by atoms with Crippen molar-refractivity contribution in [3.63, 3.8) is 0 Å². The van der Waals surface area contributed by atoms with Gasteiger partial charge in [0.2, 0.25) is 0 Å². The number of methoxy groups -OCH3 is 1. The molecule has 2 rings (SSSR count). The fraction of sp³-hybridized carbons (Fsp3) is 0.300. The van der Waals surface area contributed by atoms with Crippen LogP contribution in [0.1, 0.15) is 11.4 Å². The molecule has 0 saturated heterocycles. The first kappa shape index (κ1) is 9.64. The van der Waals surface area contributed by atoms with Gasteiger partial charge < -0.3 is 4.74 Å². The average Bonchev–Trinajstić information content (AvgIpc) is 2.59. The number of carbonyl (C=O) groups excluding carboxylic acids is 1. The lowest BCUT2D eigenvalue weighted by Gasteiger charge is -1.92. The summed E-state index contributed by atoms with van der Waals surface area (Å²) >= 11 is 0. The Morgan fingerprint density at radius 1 is 1.53 bits per heavy atom. The number of hydrogen-bond acceptors (Lipinski definition) is 4. The van der Waals surface area contributed by atoms with Crippen LogP contribution in [0.5, 0.6) is 0 Å². The van der Waals surface area contributed by atoms with Crippen LogP contribution in [-0.2, 0) is 16.0 Å². The minimum atomic E-state index is -0.331. The molecule has 0 spiro atoms. The molecule has 5 nitrogen and oxygen atoms in total. The van der Waals surface area contributed by atoms with Crippen LogP contribution in [0.25, 0.3) is 5.65 Å². The van der Waals surface area contributed by atoms with Crippen LogP contribution in [0.2, 0.25) is 0 Å². The number of pyridine rings is 1. The maximum atomic E-state index is 11.0. The second kappa shape index (κ2) is 3.68. The second-order valence-corrected chi connectivity index (χ2v) is 3.29. The van der Waals surface area contributed by atoms with E-state index in [4.69, 9.17) is 0 Å². The van der Waals surface area contributed by atoms with Crippen LogP contribution in [-0.4, -0.2) is 27.7 Å². The van der Waals surface area contributed by atoms with E-state index < -0.39 is 0 Å². The van der Waals surface area contributed by atoms with Gasteiger partial charge in [-0.15, -0.1) is 0 Å². The number of fused-ring (bicyclic) bond motifs is 1. The van der Waals surface area contributed by atoms with E-state index in [0.29, 0.717) is 5.82 Å². The van der Waals surface area contributed by atoms with E-state index in [1.807, 2.05) is 25.3 Å². The molecule has 78 valence electrons. The van der Waals surface area contributed by atoms with Gasteiger partial charge in [0.25, 0.3) is 0 Å². The summed E-state index contributed by atoms with van der Waals surface area (Å²) in [6, 6.07) is 3.81. The molecule has 0 fully saturated rings. The molecule has 0 atom stereocenters. The van der Waals surface area contributed by atoms with Gasteiger partial charge in [-0.2, -0.15) is 5.10 Å². The smallest absolute Gasteiger partial charge is 0.313 e. The zero-order valence-electron chi connectivity index (χ0n) is 8.60. The maximum Gasteiger partial charge on any atom is 0.313 e. The Hall–Kier alpha value is -1.91. The normalized spacial score (nSPS) is 10.5. The molecule has 0 aliphatic heterocycles. The summed E-state index contributed by atoms with van der Waals surface area (Å²) in [5.41, 5.74) is 1.83. The zero-order valence-corrected chi connectivity index (χ0v) is 8.60. The van der Waals surface area contributed by atoms with Crippen molar-refractivity contribution in [2.45, 2.75) is 13.3 Å². The first-order valence-electron chi connectivity index (χ1n) is 4.58. The molecule has 0 bridgehead atoms. The van der Waals surface area contributed by atoms with Crippen LogP contribution in [0.15, 0.2) is 18.3 Å². The Morgan fingerprint density at radius 3 is 3.07 bits per heavy atom. The number of nitrogens with zero attached hydrogens (tertiary/aromatic N) is 3. The monoisotopic (exact) mass is 205 g/mol. The lowest BCUT2D eigenvalue weighted by atomic mass is 10.3. The van der Waals surface area contributed by atoms with Crippen LogP contribution in [0, 0.1) is 6.92 Å². The SMILES string of the molecule is COC(=O)Cc1nc2ccc(C)cn2n1. The van der Waals surface area contributed by atoms with Crippen LogP contribution < -0.4 is 0 Å². The molecule has 0 radical (unpaired) electrons. The van der Waals surface area contributed by atoms with Crippen molar-refractivity contribution in [3.05, 3.63) is 29.7 Å². The molecule has 2 heterocycles. The molecule has 0 N–H and O–H groups in total. The Kier molecular flexibility index (Phi) is 2.37. The predicted molar refractivity (Wildman–Crippen MR) is 53.4 cm³/mol. The number of esters is 1. The number of carbonyl (C=O) groups is 1. The molecule has 0 aliphatic rings. The van der Waals surface area contributed by atoms with Crippen molar-refractivity contribution in [1.82, 2.24) is 14.6 Å². The average molecular weight is 205 g/mol. The molecular weight excluding hydrogens is 194 g/mol. The second-order valence-electron chi connectivity index (χ2n) is 3.29. The van der Waals surface area contributed by atoms with Gasteiger partial charge in [0.05, 0.1) is 7.11 Å². The zero-order chi connectivity index (χ0) is 10.8. The van der Waals surface area contributed by atoms with Gasteiger partial charge in [0, 0.05) is 6.20 Å². The third-order valence-electron chi connectivity index (χ3n) is 2.05. The number of ether oxygens (including phenoxy) is 1. The third-order valence-corrected chi connectivity index (χ3v) is 2.05. The number of hydrogen-bond donors (Lipinski definition) is 0. The van der Waals surface area contributed by atoms with E-state index in [1.54, 1.807) is 4.52 Å². The summed E-state index contributed by atoms with van der Waals surface area (Å²) in [4.78, 5) is 15.2. The summed E-state index contributed by atoms with van der Waals surface area (Å²) in [6.45, 7) is 1.97. The number of rotatable bonds is 2. The maximum absolute atomic E-state index is 11.0. The van der Waals surface area contributed by atoms with Crippen LogP contribution in [0.3, 0.4) is 0 Å². The van der Waals surface area contributed by atoms with Crippen LogP contribution >= 0.6 is 0 Å². The highest BCUT2D eigenvalue weighted by atomic mass is 16.5. The molecule has 2 aromatic heterocycles. The van der Waals surface area contributed by atoms with Gasteiger partial charge >= 0.3 is 5.97 Å². The van der Waals surface area contributed by atoms with Crippen molar-refractivity contribution in [2.75, 3.05) is 7.11 Å². The standard InChI is InChI=1S/C10H11N3O2/c1-7-3-4-9-11-8(5-10(14)15-2)12-13(9)6-7/h3-4,6H,5H2,1-2H3. The fourth-order valence-corrected chi connectivity index (χ4v) is 1.31. The van der Waals surface area contributed by atoms with Gasteiger partial charge in [-0.05, 0) is 18.6 Å². The topological polar surface area (TPSA) is 56.5 Å². The molecule has 2 aromatic rings. The van der Waals surface area contributed by atoms with Gasteiger partial charge in [0.1, 0.15) is 6.42 Å². The molecule has 15 heavy (non-hydrogen) atoms. The minimum absolute atomic E-state index is 0.108. The quantitative estimate of drug-likeness (QED) is 0.679. The van der Waals surface area contributed by atoms with Crippen molar-refractivity contribution in [2.24, 2.45) is 0 Å². The lowest BCUT2D eigenvalue weighted by Crippen LogP contribution is -2.05. The van der Waals surface area contributed by atoms with E-state index in [0.717, 1.165) is 11.2 Å². The third kappa shape index (κ3) is 1.96. The fourth-order valence-electron chi connectivity index (χ4n) is 1.31. The van der Waals surface area contributed by atoms with E-state index in [9.17, 15) is 4.79 Å². The van der Waals surface area contributed by atoms with Crippen molar-refractivity contribution in [3.8, 4) is 0 Å². The first-order valence-corrected chi connectivity index (χ1v) is 4.58. The number of aryl methyl sites for hydroxylation is 1. The largest absolute Gasteiger partial charge is 0.469 e. The summed E-state index contributed by atoms with van der Waals surface area (Å²) in [7, 11) is 1.35. The highest BCUT2D eigenvalue weighted by Crippen LogP contribution is 2.04. The van der Waals surface area contributed by atoms with E-state index in [-0.39, 0.29) is 12.4 Å². The minimum Gasteiger partial charge on any atom is -0.469 e. The summed E-state index contributed by atoms with van der Waals surface area (Å²) in [6.07, 6.45) is 1.97. The molecule has 0 saturated carbocycles. The molecule has 0 aromatic carbocycles. The van der Waals surface area contributed by atoms with E-state index >= 15 is 0 Å². The molecule has 0 aliphatic carbocycles. The highest BCUT2D eigenvalue weighted by molar-refractivity contribution is 5.71. The Balaban J connectivity index is 2.34. The molecule has 0 amide bonds. The van der Waals surface area contributed by atoms with E-state index in [2.05, 4.69) is 14.8 Å².